The fourth-order valence-electron chi connectivity index (χ4n) is 2.52. The molecule has 0 N–H and O–H groups in total. The molecule has 0 amide bonds. The average molecular weight is 224 g/mol. The second kappa shape index (κ2) is 7.40. The minimum absolute atomic E-state index is 0.818. The quantitative estimate of drug-likeness (QED) is 0.492. The first kappa shape index (κ1) is 16.1. The van der Waals surface area contributed by atoms with E-state index in [9.17, 15) is 0 Å². The van der Waals surface area contributed by atoms with Crippen LogP contribution in [0.3, 0.4) is 0 Å². The van der Waals surface area contributed by atoms with Crippen LogP contribution in [0.4, 0.5) is 0 Å². The molecule has 0 saturated carbocycles. The zero-order valence-corrected chi connectivity index (χ0v) is 12.9. The van der Waals surface area contributed by atoms with Crippen molar-refractivity contribution in [2.45, 2.75) is 79.8 Å². The summed E-state index contributed by atoms with van der Waals surface area (Å²) in [5.41, 5.74) is 0. The van der Waals surface area contributed by atoms with Crippen LogP contribution in [0.1, 0.15) is 61.8 Å². The SMILES string of the molecule is CC(C)CCB(C(C)C(C)C)C(C)C(C)C. The molecule has 0 aliphatic heterocycles. The van der Waals surface area contributed by atoms with Crippen LogP contribution >= 0.6 is 0 Å². The summed E-state index contributed by atoms with van der Waals surface area (Å²) in [5.74, 6) is 4.20. The summed E-state index contributed by atoms with van der Waals surface area (Å²) in [6.07, 6.45) is 2.80. The monoisotopic (exact) mass is 224 g/mol. The second-order valence-electron chi connectivity index (χ2n) is 6.84. The third kappa shape index (κ3) is 5.41. The van der Waals surface area contributed by atoms with Crippen molar-refractivity contribution >= 4 is 6.71 Å². The maximum Gasteiger partial charge on any atom is 0.146 e. The number of hydrogen-bond acceptors (Lipinski definition) is 0. The molecule has 16 heavy (non-hydrogen) atoms. The van der Waals surface area contributed by atoms with Crippen LogP contribution in [0.15, 0.2) is 0 Å². The first-order chi connectivity index (χ1) is 7.27. The van der Waals surface area contributed by atoms with Crippen LogP contribution < -0.4 is 0 Å². The lowest BCUT2D eigenvalue weighted by Crippen LogP contribution is -2.30. The molecule has 0 aromatic rings. The lowest BCUT2D eigenvalue weighted by molar-refractivity contribution is 0.545. The van der Waals surface area contributed by atoms with Gasteiger partial charge in [-0.05, 0) is 5.92 Å². The van der Waals surface area contributed by atoms with E-state index in [0.717, 1.165) is 36.1 Å². The maximum atomic E-state index is 2.45. The lowest BCUT2D eigenvalue weighted by atomic mass is 9.29. The number of hydrogen-bond donors (Lipinski definition) is 0. The van der Waals surface area contributed by atoms with Gasteiger partial charge < -0.3 is 0 Å². The van der Waals surface area contributed by atoms with Crippen LogP contribution in [0, 0.1) is 17.8 Å². The van der Waals surface area contributed by atoms with Gasteiger partial charge in [0.15, 0.2) is 0 Å². The Morgan fingerprint density at radius 1 is 0.688 bits per heavy atom. The maximum absolute atomic E-state index is 2.45. The predicted molar refractivity (Wildman–Crippen MR) is 78.5 cm³/mol. The average Bonchev–Trinajstić information content (AvgIpc) is 2.16. The van der Waals surface area contributed by atoms with E-state index in [0.29, 0.717) is 0 Å². The van der Waals surface area contributed by atoms with Gasteiger partial charge in [0.2, 0.25) is 0 Å². The van der Waals surface area contributed by atoms with E-state index in [1.807, 2.05) is 0 Å². The fraction of sp³-hybridized carbons (Fsp3) is 1.00. The van der Waals surface area contributed by atoms with Gasteiger partial charge in [-0.2, -0.15) is 0 Å². The van der Waals surface area contributed by atoms with E-state index in [2.05, 4.69) is 55.4 Å². The first-order valence-electron chi connectivity index (χ1n) is 7.27. The van der Waals surface area contributed by atoms with E-state index in [-0.39, 0.29) is 0 Å². The molecule has 0 aliphatic rings. The first-order valence-corrected chi connectivity index (χ1v) is 7.27. The Balaban J connectivity index is 4.49. The van der Waals surface area contributed by atoms with E-state index in [4.69, 9.17) is 0 Å². The van der Waals surface area contributed by atoms with Crippen LogP contribution in [0.25, 0.3) is 0 Å². The Bertz CT molecular complexity index is 158. The summed E-state index contributed by atoms with van der Waals surface area (Å²) in [4.78, 5) is 0. The van der Waals surface area contributed by atoms with Crippen molar-refractivity contribution < 1.29 is 0 Å². The van der Waals surface area contributed by atoms with Gasteiger partial charge in [0.1, 0.15) is 6.71 Å². The Kier molecular flexibility index (Phi) is 7.43. The molecule has 1 heteroatoms. The van der Waals surface area contributed by atoms with Gasteiger partial charge in [-0.3, -0.25) is 0 Å². The minimum atomic E-state index is 0.818. The van der Waals surface area contributed by atoms with Gasteiger partial charge in [0.05, 0.1) is 0 Å². The second-order valence-corrected chi connectivity index (χ2v) is 6.84. The fourth-order valence-corrected chi connectivity index (χ4v) is 2.52. The molecule has 0 saturated heterocycles. The van der Waals surface area contributed by atoms with Gasteiger partial charge >= 0.3 is 0 Å². The van der Waals surface area contributed by atoms with E-state index < -0.39 is 0 Å². The molecule has 0 spiro atoms. The summed E-state index contributed by atoms with van der Waals surface area (Å²) in [6.45, 7) is 20.0. The number of rotatable bonds is 7. The molecule has 2 unspecified atom stereocenters. The molecule has 0 bridgehead atoms. The van der Waals surface area contributed by atoms with Crippen molar-refractivity contribution in [3.63, 3.8) is 0 Å². The summed E-state index contributed by atoms with van der Waals surface area (Å²) in [5, 5.41) is 0. The van der Waals surface area contributed by atoms with Crippen molar-refractivity contribution in [3.05, 3.63) is 0 Å². The van der Waals surface area contributed by atoms with E-state index in [1.165, 1.54) is 12.7 Å². The standard InChI is InChI=1S/C15H33B/c1-11(2)9-10-16(14(7)12(3)4)15(8)13(5)6/h11-15H,9-10H2,1-8H3. The highest BCUT2D eigenvalue weighted by atomic mass is 14.1. The molecule has 2 atom stereocenters. The van der Waals surface area contributed by atoms with Gasteiger partial charge in [-0.1, -0.05) is 91.6 Å². The summed E-state index contributed by atoms with van der Waals surface area (Å²) >= 11 is 0. The van der Waals surface area contributed by atoms with Crippen molar-refractivity contribution in [2.24, 2.45) is 17.8 Å². The molecule has 0 nitrogen and oxygen atoms in total. The van der Waals surface area contributed by atoms with Crippen molar-refractivity contribution in [3.8, 4) is 0 Å². The van der Waals surface area contributed by atoms with Crippen molar-refractivity contribution in [2.75, 3.05) is 0 Å². The molecule has 0 heterocycles. The summed E-state index contributed by atoms with van der Waals surface area (Å²) in [7, 11) is 0. The van der Waals surface area contributed by atoms with Gasteiger partial charge in [-0.25, -0.2) is 0 Å². The third-order valence-electron chi connectivity index (χ3n) is 4.53. The van der Waals surface area contributed by atoms with Crippen LogP contribution in [0.5, 0.6) is 0 Å². The highest BCUT2D eigenvalue weighted by molar-refractivity contribution is 6.62. The third-order valence-corrected chi connectivity index (χ3v) is 4.53. The normalized spacial score (nSPS) is 15.9. The zero-order chi connectivity index (χ0) is 12.9. The van der Waals surface area contributed by atoms with Gasteiger partial charge in [-0.15, -0.1) is 0 Å². The molecule has 0 aliphatic carbocycles. The molecule has 0 aromatic carbocycles. The Morgan fingerprint density at radius 2 is 1.06 bits per heavy atom. The Labute approximate surface area is 105 Å². The van der Waals surface area contributed by atoms with E-state index >= 15 is 0 Å². The molecule has 0 fully saturated rings. The zero-order valence-electron chi connectivity index (χ0n) is 12.9. The molecule has 0 rings (SSSR count). The Hall–Kier alpha value is 0.0649. The Morgan fingerprint density at radius 3 is 1.31 bits per heavy atom. The largest absolute Gasteiger partial charge is 0.146 e. The van der Waals surface area contributed by atoms with Gasteiger partial charge in [0.25, 0.3) is 0 Å². The van der Waals surface area contributed by atoms with Crippen LogP contribution in [0.2, 0.25) is 18.0 Å². The lowest BCUT2D eigenvalue weighted by Gasteiger charge is -2.32. The predicted octanol–water partition coefficient (Wildman–Crippen LogP) is 5.62. The smallest absolute Gasteiger partial charge is 0.0735 e. The molecular formula is C15H33B. The molecular weight excluding hydrogens is 191 g/mol. The van der Waals surface area contributed by atoms with Crippen molar-refractivity contribution in [1.82, 2.24) is 0 Å². The molecule has 96 valence electrons. The molecule has 0 aromatic heterocycles. The summed E-state index contributed by atoms with van der Waals surface area (Å²) < 4.78 is 0. The molecule has 0 radical (unpaired) electrons. The van der Waals surface area contributed by atoms with E-state index in [1.54, 1.807) is 0 Å². The van der Waals surface area contributed by atoms with Crippen LogP contribution in [-0.4, -0.2) is 6.71 Å². The van der Waals surface area contributed by atoms with Crippen LogP contribution in [-0.2, 0) is 0 Å². The highest BCUT2D eigenvalue weighted by Gasteiger charge is 2.30. The highest BCUT2D eigenvalue weighted by Crippen LogP contribution is 2.35. The topological polar surface area (TPSA) is 0 Å². The van der Waals surface area contributed by atoms with Gasteiger partial charge in [0, 0.05) is 0 Å². The summed E-state index contributed by atoms with van der Waals surface area (Å²) in [6, 6.07) is 0. The minimum Gasteiger partial charge on any atom is -0.0735 e. The van der Waals surface area contributed by atoms with Crippen molar-refractivity contribution in [1.29, 1.82) is 0 Å².